The number of likely N-dealkylation sites (tertiary alicyclic amines) is 1. The third kappa shape index (κ3) is 1.51. The first-order valence-corrected chi connectivity index (χ1v) is 4.20. The Labute approximate surface area is 64.4 Å². The van der Waals surface area contributed by atoms with Gasteiger partial charge in [0.1, 0.15) is 0 Å². The summed E-state index contributed by atoms with van der Waals surface area (Å²) in [5.41, 5.74) is 0. The van der Waals surface area contributed by atoms with Crippen molar-refractivity contribution in [3.8, 4) is 0 Å². The van der Waals surface area contributed by atoms with Crippen molar-refractivity contribution in [1.29, 1.82) is 0 Å². The van der Waals surface area contributed by atoms with E-state index in [1.807, 2.05) is 0 Å². The van der Waals surface area contributed by atoms with Crippen LogP contribution in [-0.2, 0) is 0 Å². The summed E-state index contributed by atoms with van der Waals surface area (Å²) >= 11 is 0. The van der Waals surface area contributed by atoms with E-state index in [1.165, 1.54) is 12.8 Å². The van der Waals surface area contributed by atoms with Crippen molar-refractivity contribution < 1.29 is 0 Å². The third-order valence-electron chi connectivity index (χ3n) is 2.62. The molecule has 2 unspecified atom stereocenters. The van der Waals surface area contributed by atoms with Gasteiger partial charge in [-0.25, -0.2) is 0 Å². The second-order valence-corrected chi connectivity index (χ2v) is 3.79. The topological polar surface area (TPSA) is 3.24 Å². The molecule has 1 fully saturated rings. The van der Waals surface area contributed by atoms with E-state index in [0.29, 0.717) is 12.1 Å². The van der Waals surface area contributed by atoms with E-state index in [0.717, 1.165) is 5.92 Å². The molecule has 0 amide bonds. The van der Waals surface area contributed by atoms with Gasteiger partial charge < -0.3 is 4.90 Å². The normalized spacial score (nSPS) is 43.8. The summed E-state index contributed by atoms with van der Waals surface area (Å²) in [5, 5.41) is 0. The molecular formula is C9H18N-. The predicted octanol–water partition coefficient (Wildman–Crippen LogP) is 2.29. The van der Waals surface area contributed by atoms with Gasteiger partial charge >= 0.3 is 0 Å². The van der Waals surface area contributed by atoms with Crippen molar-refractivity contribution >= 4 is 0 Å². The summed E-state index contributed by atoms with van der Waals surface area (Å²) in [7, 11) is 4.03. The van der Waals surface area contributed by atoms with Gasteiger partial charge in [-0.1, -0.05) is 20.8 Å². The van der Waals surface area contributed by atoms with Gasteiger partial charge in [0.25, 0.3) is 0 Å². The van der Waals surface area contributed by atoms with Crippen molar-refractivity contribution in [1.82, 2.24) is 4.90 Å². The van der Waals surface area contributed by atoms with E-state index in [1.54, 1.807) is 0 Å². The maximum absolute atomic E-state index is 4.03. The van der Waals surface area contributed by atoms with Crippen molar-refractivity contribution in [2.45, 2.75) is 45.7 Å². The molecule has 1 aliphatic rings. The highest BCUT2D eigenvalue weighted by Crippen LogP contribution is 2.25. The molecule has 1 heterocycles. The molecule has 0 radical (unpaired) electrons. The lowest BCUT2D eigenvalue weighted by molar-refractivity contribution is 0.124. The number of rotatable bonds is 0. The molecule has 1 rings (SSSR count). The van der Waals surface area contributed by atoms with Gasteiger partial charge in [-0.15, -0.1) is 0 Å². The van der Waals surface area contributed by atoms with E-state index < -0.39 is 0 Å². The largest absolute Gasteiger partial charge is 0.454 e. The Morgan fingerprint density at radius 3 is 1.90 bits per heavy atom. The highest BCUT2D eigenvalue weighted by Gasteiger charge is 2.21. The smallest absolute Gasteiger partial charge is 0.0209 e. The fraction of sp³-hybridized carbons (Fsp3) is 0.889. The molecule has 0 aromatic rings. The Morgan fingerprint density at radius 2 is 1.50 bits per heavy atom. The molecule has 0 spiro atoms. The van der Waals surface area contributed by atoms with E-state index in [-0.39, 0.29) is 0 Å². The highest BCUT2D eigenvalue weighted by molar-refractivity contribution is 4.81. The van der Waals surface area contributed by atoms with E-state index in [2.05, 4.69) is 32.7 Å². The lowest BCUT2D eigenvalue weighted by Crippen LogP contribution is -2.41. The average Bonchev–Trinajstić information content (AvgIpc) is 1.82. The third-order valence-corrected chi connectivity index (χ3v) is 2.62. The molecule has 60 valence electrons. The van der Waals surface area contributed by atoms with Crippen LogP contribution < -0.4 is 0 Å². The molecular weight excluding hydrogens is 122 g/mol. The predicted molar refractivity (Wildman–Crippen MR) is 44.5 cm³/mol. The summed E-state index contributed by atoms with van der Waals surface area (Å²) in [6, 6.07) is 1.36. The number of piperidine rings is 1. The molecule has 1 heteroatoms. The van der Waals surface area contributed by atoms with Crippen LogP contribution in [0.5, 0.6) is 0 Å². The summed E-state index contributed by atoms with van der Waals surface area (Å²) in [4.78, 5) is 2.24. The van der Waals surface area contributed by atoms with Gasteiger partial charge in [-0.2, -0.15) is 0 Å². The van der Waals surface area contributed by atoms with E-state index >= 15 is 0 Å². The van der Waals surface area contributed by atoms with Crippen molar-refractivity contribution in [3.05, 3.63) is 7.05 Å². The van der Waals surface area contributed by atoms with Gasteiger partial charge in [0.2, 0.25) is 0 Å². The Bertz CT molecular complexity index is 99.3. The van der Waals surface area contributed by atoms with Crippen LogP contribution in [-0.4, -0.2) is 17.0 Å². The van der Waals surface area contributed by atoms with Crippen LogP contribution >= 0.6 is 0 Å². The molecule has 0 aromatic heterocycles. The van der Waals surface area contributed by atoms with Gasteiger partial charge in [0.15, 0.2) is 0 Å². The fourth-order valence-corrected chi connectivity index (χ4v) is 1.97. The Kier molecular flexibility index (Phi) is 2.35. The second kappa shape index (κ2) is 2.91. The molecule has 0 N–H and O–H groups in total. The van der Waals surface area contributed by atoms with Crippen LogP contribution in [0, 0.1) is 13.0 Å². The zero-order valence-corrected chi connectivity index (χ0v) is 7.30. The van der Waals surface area contributed by atoms with Crippen LogP contribution in [0.25, 0.3) is 0 Å². The number of nitrogens with zero attached hydrogens (tertiary/aromatic N) is 1. The zero-order chi connectivity index (χ0) is 7.72. The highest BCUT2D eigenvalue weighted by atomic mass is 15.2. The molecule has 0 aliphatic carbocycles. The molecule has 10 heavy (non-hydrogen) atoms. The average molecular weight is 140 g/mol. The van der Waals surface area contributed by atoms with Gasteiger partial charge in [0.05, 0.1) is 0 Å². The SMILES string of the molecule is [CH2-]N1C(C)CC(C)CC1C. The summed E-state index contributed by atoms with van der Waals surface area (Å²) in [6.07, 6.45) is 2.63. The summed E-state index contributed by atoms with van der Waals surface area (Å²) in [5.74, 6) is 0.892. The first-order valence-electron chi connectivity index (χ1n) is 4.20. The van der Waals surface area contributed by atoms with Gasteiger partial charge in [-0.3, -0.25) is 7.05 Å². The first kappa shape index (κ1) is 8.06. The Morgan fingerprint density at radius 1 is 1.10 bits per heavy atom. The Hall–Kier alpha value is -0.0400. The quantitative estimate of drug-likeness (QED) is 0.467. The van der Waals surface area contributed by atoms with E-state index in [4.69, 9.17) is 0 Å². The molecule has 0 bridgehead atoms. The van der Waals surface area contributed by atoms with Crippen molar-refractivity contribution in [3.63, 3.8) is 0 Å². The van der Waals surface area contributed by atoms with Crippen LogP contribution in [0.3, 0.4) is 0 Å². The summed E-state index contributed by atoms with van der Waals surface area (Å²) in [6.45, 7) is 6.86. The minimum Gasteiger partial charge on any atom is -0.454 e. The molecule has 1 nitrogen and oxygen atoms in total. The van der Waals surface area contributed by atoms with Crippen LogP contribution in [0.1, 0.15) is 33.6 Å². The maximum atomic E-state index is 4.03. The Balaban J connectivity index is 2.49. The standard InChI is InChI=1S/C9H18N/c1-7-5-8(2)10(4)9(3)6-7/h7-9H,4-6H2,1-3H3/q-1. The molecule has 1 aliphatic heterocycles. The van der Waals surface area contributed by atoms with E-state index in [9.17, 15) is 0 Å². The fourth-order valence-electron chi connectivity index (χ4n) is 1.97. The van der Waals surface area contributed by atoms with Gasteiger partial charge in [-0.05, 0) is 30.8 Å². The summed E-state index contributed by atoms with van der Waals surface area (Å²) < 4.78 is 0. The monoisotopic (exact) mass is 140 g/mol. The maximum Gasteiger partial charge on any atom is -0.0209 e. The second-order valence-electron chi connectivity index (χ2n) is 3.79. The van der Waals surface area contributed by atoms with Gasteiger partial charge in [0, 0.05) is 0 Å². The number of hydrogen-bond donors (Lipinski definition) is 0. The lowest BCUT2D eigenvalue weighted by Gasteiger charge is -2.45. The van der Waals surface area contributed by atoms with Crippen LogP contribution in [0.2, 0.25) is 0 Å². The van der Waals surface area contributed by atoms with Crippen LogP contribution in [0.15, 0.2) is 0 Å². The number of hydrogen-bond acceptors (Lipinski definition) is 1. The van der Waals surface area contributed by atoms with Crippen molar-refractivity contribution in [2.75, 3.05) is 0 Å². The first-order chi connectivity index (χ1) is 4.61. The lowest BCUT2D eigenvalue weighted by atomic mass is 9.89. The molecule has 0 saturated carbocycles. The zero-order valence-electron chi connectivity index (χ0n) is 7.30. The molecule has 0 aromatic carbocycles. The molecule has 2 atom stereocenters. The van der Waals surface area contributed by atoms with Crippen LogP contribution in [0.4, 0.5) is 0 Å². The molecule has 1 saturated heterocycles. The van der Waals surface area contributed by atoms with Crippen molar-refractivity contribution in [2.24, 2.45) is 5.92 Å². The minimum absolute atomic E-state index is 0.679. The minimum atomic E-state index is 0.679.